The summed E-state index contributed by atoms with van der Waals surface area (Å²) in [6.07, 6.45) is 0. The average Bonchev–Trinajstić information content (AvgIpc) is 2.58. The second kappa shape index (κ2) is 2.04. The lowest BCUT2D eigenvalue weighted by atomic mass is 9.95. The van der Waals surface area contributed by atoms with E-state index in [0.717, 1.165) is 4.90 Å². The number of amides is 2. The Morgan fingerprint density at radius 2 is 1.40 bits per heavy atom. The molecule has 0 spiro atoms. The SMILES string of the molecule is CN1C(=O)[C@]2(C#N)C(C)(C)[C@@]2(C#N)C1=O. The molecule has 0 aromatic rings. The van der Waals surface area contributed by atoms with Crippen molar-refractivity contribution in [2.75, 3.05) is 7.05 Å². The van der Waals surface area contributed by atoms with Crippen molar-refractivity contribution < 1.29 is 9.59 Å². The Morgan fingerprint density at radius 3 is 1.67 bits per heavy atom. The summed E-state index contributed by atoms with van der Waals surface area (Å²) in [7, 11) is 1.31. The molecule has 0 unspecified atom stereocenters. The summed E-state index contributed by atoms with van der Waals surface area (Å²) < 4.78 is 0. The minimum absolute atomic E-state index is 0.554. The Kier molecular flexibility index (Phi) is 1.31. The number of carbonyl (C=O) groups is 2. The molecule has 1 saturated heterocycles. The molecule has 0 aromatic carbocycles. The molecule has 0 aromatic heterocycles. The Bertz CT molecular complexity index is 440. The molecule has 5 nitrogen and oxygen atoms in total. The van der Waals surface area contributed by atoms with Crippen LogP contribution in [0, 0.1) is 38.9 Å². The van der Waals surface area contributed by atoms with E-state index in [-0.39, 0.29) is 0 Å². The van der Waals surface area contributed by atoms with Gasteiger partial charge in [0.05, 0.1) is 12.1 Å². The van der Waals surface area contributed by atoms with Crippen molar-refractivity contribution in [3.63, 3.8) is 0 Å². The number of fused-ring (bicyclic) bond motifs is 1. The molecule has 2 rings (SSSR count). The van der Waals surface area contributed by atoms with Gasteiger partial charge in [-0.25, -0.2) is 0 Å². The van der Waals surface area contributed by atoms with Gasteiger partial charge in [-0.2, -0.15) is 10.5 Å². The van der Waals surface area contributed by atoms with Gasteiger partial charge in [0, 0.05) is 12.5 Å². The fourth-order valence-electron chi connectivity index (χ4n) is 2.87. The molecule has 5 heteroatoms. The van der Waals surface area contributed by atoms with E-state index < -0.39 is 28.1 Å². The van der Waals surface area contributed by atoms with Crippen LogP contribution in [0.1, 0.15) is 13.8 Å². The van der Waals surface area contributed by atoms with Crippen LogP contribution in [0.5, 0.6) is 0 Å². The molecule has 0 radical (unpaired) electrons. The monoisotopic (exact) mass is 203 g/mol. The lowest BCUT2D eigenvalue weighted by Crippen LogP contribution is -2.37. The number of hydrogen-bond acceptors (Lipinski definition) is 4. The number of piperidine rings is 1. The molecular formula is C10H9N3O2. The van der Waals surface area contributed by atoms with E-state index in [1.807, 2.05) is 12.1 Å². The van der Waals surface area contributed by atoms with Gasteiger partial charge >= 0.3 is 0 Å². The largest absolute Gasteiger partial charge is 0.283 e. The first-order chi connectivity index (χ1) is 6.85. The predicted octanol–water partition coefficient (Wildman–Crippen LogP) is 0.0448. The lowest BCUT2D eigenvalue weighted by molar-refractivity contribution is -0.143. The normalized spacial score (nSPS) is 40.7. The van der Waals surface area contributed by atoms with E-state index >= 15 is 0 Å². The van der Waals surface area contributed by atoms with Gasteiger partial charge in [-0.1, -0.05) is 13.8 Å². The molecule has 2 atom stereocenters. The lowest BCUT2D eigenvalue weighted by Gasteiger charge is -2.18. The summed E-state index contributed by atoms with van der Waals surface area (Å²) in [4.78, 5) is 24.5. The van der Waals surface area contributed by atoms with Gasteiger partial charge in [0.2, 0.25) is 0 Å². The topological polar surface area (TPSA) is 85.0 Å². The zero-order chi connectivity index (χ0) is 11.6. The van der Waals surface area contributed by atoms with Gasteiger partial charge in [-0.15, -0.1) is 0 Å². The molecule has 0 bridgehead atoms. The zero-order valence-electron chi connectivity index (χ0n) is 8.66. The van der Waals surface area contributed by atoms with Crippen LogP contribution in [-0.2, 0) is 9.59 Å². The second-order valence-corrected chi connectivity index (χ2v) is 4.52. The standard InChI is InChI=1S/C10H9N3O2/c1-8(2)9(4-11)6(14)13(3)7(15)10(8,9)5-12/h1-3H3/t9-,10-/m1/s1. The maximum absolute atomic E-state index is 11.8. The van der Waals surface area contributed by atoms with Gasteiger partial charge < -0.3 is 0 Å². The van der Waals surface area contributed by atoms with E-state index in [1.165, 1.54) is 7.05 Å². The molecule has 15 heavy (non-hydrogen) atoms. The summed E-state index contributed by atoms with van der Waals surface area (Å²) in [5, 5.41) is 18.2. The predicted molar refractivity (Wildman–Crippen MR) is 47.7 cm³/mol. The number of nitriles is 2. The third-order valence-electron chi connectivity index (χ3n) is 3.96. The summed E-state index contributed by atoms with van der Waals surface area (Å²) in [6.45, 7) is 3.23. The first kappa shape index (κ1) is 9.67. The van der Waals surface area contributed by atoms with Crippen LogP contribution in [0.4, 0.5) is 0 Å². The maximum atomic E-state index is 11.8. The first-order valence-corrected chi connectivity index (χ1v) is 4.50. The molecule has 2 amide bonds. The second-order valence-electron chi connectivity index (χ2n) is 4.52. The molecule has 76 valence electrons. The Labute approximate surface area is 86.9 Å². The minimum Gasteiger partial charge on any atom is -0.283 e. The maximum Gasteiger partial charge on any atom is 0.252 e. The number of imide groups is 1. The van der Waals surface area contributed by atoms with Crippen LogP contribution in [0.25, 0.3) is 0 Å². The van der Waals surface area contributed by atoms with Gasteiger partial charge in [-0.05, 0) is 0 Å². The molecule has 1 heterocycles. The van der Waals surface area contributed by atoms with E-state index in [9.17, 15) is 9.59 Å². The highest BCUT2D eigenvalue weighted by Crippen LogP contribution is 2.81. The van der Waals surface area contributed by atoms with Gasteiger partial charge in [0.15, 0.2) is 10.8 Å². The van der Waals surface area contributed by atoms with Crippen molar-refractivity contribution in [3.8, 4) is 12.1 Å². The van der Waals surface area contributed by atoms with Crippen LogP contribution in [0.3, 0.4) is 0 Å². The van der Waals surface area contributed by atoms with Crippen LogP contribution in [-0.4, -0.2) is 23.8 Å². The van der Waals surface area contributed by atoms with E-state index in [2.05, 4.69) is 0 Å². The Hall–Kier alpha value is -1.88. The van der Waals surface area contributed by atoms with E-state index in [0.29, 0.717) is 0 Å². The highest BCUT2D eigenvalue weighted by Gasteiger charge is 2.96. The van der Waals surface area contributed by atoms with Crippen LogP contribution in [0.15, 0.2) is 0 Å². The van der Waals surface area contributed by atoms with Crippen LogP contribution < -0.4 is 0 Å². The molecule has 1 aliphatic heterocycles. The third kappa shape index (κ3) is 0.514. The fourth-order valence-corrected chi connectivity index (χ4v) is 2.87. The molecular weight excluding hydrogens is 194 g/mol. The molecule has 1 saturated carbocycles. The number of hydrogen-bond donors (Lipinski definition) is 0. The zero-order valence-corrected chi connectivity index (χ0v) is 8.66. The summed E-state index contributed by atoms with van der Waals surface area (Å²) in [5.41, 5.74) is -3.83. The smallest absolute Gasteiger partial charge is 0.252 e. The summed E-state index contributed by atoms with van der Waals surface area (Å²) >= 11 is 0. The van der Waals surface area contributed by atoms with Crippen molar-refractivity contribution in [1.29, 1.82) is 10.5 Å². The van der Waals surface area contributed by atoms with Gasteiger partial charge in [0.25, 0.3) is 11.8 Å². The number of likely N-dealkylation sites (tertiary alicyclic amines) is 1. The highest BCUT2D eigenvalue weighted by atomic mass is 16.2. The summed E-state index contributed by atoms with van der Waals surface area (Å²) in [5.74, 6) is -1.11. The van der Waals surface area contributed by atoms with E-state index in [4.69, 9.17) is 10.5 Å². The van der Waals surface area contributed by atoms with Gasteiger partial charge in [-0.3, -0.25) is 14.5 Å². The molecule has 2 aliphatic rings. The molecule has 2 fully saturated rings. The number of rotatable bonds is 0. The third-order valence-corrected chi connectivity index (χ3v) is 3.96. The van der Waals surface area contributed by atoms with Crippen LogP contribution >= 0.6 is 0 Å². The number of carbonyl (C=O) groups excluding carboxylic acids is 2. The van der Waals surface area contributed by atoms with Crippen LogP contribution in [0.2, 0.25) is 0 Å². The average molecular weight is 203 g/mol. The number of nitrogens with zero attached hydrogens (tertiary/aromatic N) is 3. The Balaban J connectivity index is 2.76. The quantitative estimate of drug-likeness (QED) is 0.520. The highest BCUT2D eigenvalue weighted by molar-refractivity contribution is 6.19. The molecule has 1 aliphatic carbocycles. The Morgan fingerprint density at radius 1 is 1.07 bits per heavy atom. The van der Waals surface area contributed by atoms with Crippen molar-refractivity contribution in [2.45, 2.75) is 13.8 Å². The first-order valence-electron chi connectivity index (χ1n) is 4.50. The summed E-state index contributed by atoms with van der Waals surface area (Å²) in [6, 6.07) is 3.74. The van der Waals surface area contributed by atoms with Crippen molar-refractivity contribution in [1.82, 2.24) is 4.90 Å². The van der Waals surface area contributed by atoms with E-state index in [1.54, 1.807) is 13.8 Å². The molecule has 0 N–H and O–H groups in total. The van der Waals surface area contributed by atoms with Crippen molar-refractivity contribution >= 4 is 11.8 Å². The van der Waals surface area contributed by atoms with Crippen molar-refractivity contribution in [2.24, 2.45) is 16.2 Å². The van der Waals surface area contributed by atoms with Gasteiger partial charge in [0.1, 0.15) is 0 Å². The minimum atomic E-state index is -1.47. The fraction of sp³-hybridized carbons (Fsp3) is 0.600. The van der Waals surface area contributed by atoms with Crippen molar-refractivity contribution in [3.05, 3.63) is 0 Å².